The number of benzene rings is 2. The number of piperazine rings is 1. The summed E-state index contributed by atoms with van der Waals surface area (Å²) in [6.45, 7) is 5.42. The Morgan fingerprint density at radius 2 is 1.70 bits per heavy atom. The first-order valence-corrected chi connectivity index (χ1v) is 11.0. The van der Waals surface area contributed by atoms with E-state index in [1.54, 1.807) is 6.07 Å². The van der Waals surface area contributed by atoms with Crippen molar-refractivity contribution in [2.24, 2.45) is 0 Å². The van der Waals surface area contributed by atoms with Crippen molar-refractivity contribution < 1.29 is 9.50 Å². The SMILES string of the molecule is O[C@@H]1CN(CC(Cl)=Cc2ccccc2)CC[C@H]1N1CCN(c2ccccc2F)CC1. The van der Waals surface area contributed by atoms with Gasteiger partial charge in [0.2, 0.25) is 0 Å². The number of aliphatic hydroxyl groups is 1. The fourth-order valence-electron chi connectivity index (χ4n) is 4.55. The number of halogens is 2. The summed E-state index contributed by atoms with van der Waals surface area (Å²) < 4.78 is 14.1. The third kappa shape index (κ3) is 5.22. The van der Waals surface area contributed by atoms with Crippen LogP contribution in [0.25, 0.3) is 6.08 Å². The van der Waals surface area contributed by atoms with E-state index in [4.69, 9.17) is 11.6 Å². The van der Waals surface area contributed by atoms with Gasteiger partial charge < -0.3 is 10.0 Å². The van der Waals surface area contributed by atoms with Crippen LogP contribution < -0.4 is 4.90 Å². The Kier molecular flexibility index (Phi) is 7.05. The van der Waals surface area contributed by atoms with Crippen LogP contribution in [0.4, 0.5) is 10.1 Å². The minimum atomic E-state index is -0.403. The maximum atomic E-state index is 14.1. The summed E-state index contributed by atoms with van der Waals surface area (Å²) in [6.07, 6.45) is 2.50. The lowest BCUT2D eigenvalue weighted by atomic mass is 9.99. The molecule has 0 amide bonds. The van der Waals surface area contributed by atoms with Crippen molar-refractivity contribution >= 4 is 23.4 Å². The average molecular weight is 430 g/mol. The van der Waals surface area contributed by atoms with Gasteiger partial charge in [0.1, 0.15) is 5.82 Å². The van der Waals surface area contributed by atoms with Gasteiger partial charge in [-0.15, -0.1) is 0 Å². The van der Waals surface area contributed by atoms with Gasteiger partial charge in [-0.1, -0.05) is 54.1 Å². The van der Waals surface area contributed by atoms with E-state index in [-0.39, 0.29) is 11.9 Å². The minimum Gasteiger partial charge on any atom is -0.390 e. The van der Waals surface area contributed by atoms with Crippen LogP contribution in [0, 0.1) is 5.82 Å². The fraction of sp³-hybridized carbons (Fsp3) is 0.417. The molecule has 4 nitrogen and oxygen atoms in total. The zero-order valence-electron chi connectivity index (χ0n) is 17.1. The Balaban J connectivity index is 1.28. The number of anilines is 1. The second-order valence-corrected chi connectivity index (χ2v) is 8.62. The molecular weight excluding hydrogens is 401 g/mol. The van der Waals surface area contributed by atoms with E-state index in [0.717, 1.165) is 49.7 Å². The molecule has 0 aromatic heterocycles. The number of aliphatic hydroxyl groups excluding tert-OH is 1. The molecule has 4 rings (SSSR count). The number of rotatable bonds is 5. The van der Waals surface area contributed by atoms with Crippen molar-refractivity contribution in [1.29, 1.82) is 0 Å². The molecule has 2 aliphatic heterocycles. The summed E-state index contributed by atoms with van der Waals surface area (Å²) in [5, 5.41) is 11.6. The molecule has 2 aromatic rings. The largest absolute Gasteiger partial charge is 0.390 e. The van der Waals surface area contributed by atoms with Crippen LogP contribution in [-0.4, -0.2) is 72.9 Å². The quantitative estimate of drug-likeness (QED) is 0.785. The zero-order chi connectivity index (χ0) is 20.9. The number of hydrogen-bond acceptors (Lipinski definition) is 4. The van der Waals surface area contributed by atoms with Gasteiger partial charge in [-0.3, -0.25) is 9.80 Å². The van der Waals surface area contributed by atoms with Crippen molar-refractivity contribution in [3.8, 4) is 0 Å². The van der Waals surface area contributed by atoms with E-state index < -0.39 is 6.10 Å². The highest BCUT2D eigenvalue weighted by Gasteiger charge is 2.34. The molecule has 30 heavy (non-hydrogen) atoms. The first kappa shape index (κ1) is 21.3. The maximum absolute atomic E-state index is 14.1. The van der Waals surface area contributed by atoms with E-state index in [1.165, 1.54) is 6.07 Å². The fourth-order valence-corrected chi connectivity index (χ4v) is 4.84. The smallest absolute Gasteiger partial charge is 0.146 e. The third-order valence-corrected chi connectivity index (χ3v) is 6.33. The van der Waals surface area contributed by atoms with Crippen molar-refractivity contribution in [2.75, 3.05) is 50.7 Å². The number of para-hydroxylation sites is 1. The van der Waals surface area contributed by atoms with E-state index in [0.29, 0.717) is 18.8 Å². The van der Waals surface area contributed by atoms with Crippen LogP contribution >= 0.6 is 11.6 Å². The highest BCUT2D eigenvalue weighted by molar-refractivity contribution is 6.31. The molecule has 2 fully saturated rings. The van der Waals surface area contributed by atoms with Crippen LogP contribution in [0.3, 0.4) is 0 Å². The molecule has 0 bridgehead atoms. The standard InChI is InChI=1S/C24H29ClFN3O/c25-20(16-19-6-2-1-3-7-19)17-27-11-10-23(24(30)18-27)29-14-12-28(13-15-29)22-9-5-4-8-21(22)26/h1-9,16,23-24,30H,10-15,17-18H2/t23-,24-/m1/s1. The monoisotopic (exact) mass is 429 g/mol. The van der Waals surface area contributed by atoms with Gasteiger partial charge in [-0.05, 0) is 30.2 Å². The van der Waals surface area contributed by atoms with Crippen LogP contribution in [0.2, 0.25) is 0 Å². The van der Waals surface area contributed by atoms with E-state index in [9.17, 15) is 9.50 Å². The van der Waals surface area contributed by atoms with Gasteiger partial charge in [-0.2, -0.15) is 0 Å². The molecular formula is C24H29ClFN3O. The number of nitrogens with zero attached hydrogens (tertiary/aromatic N) is 3. The van der Waals surface area contributed by atoms with E-state index in [1.807, 2.05) is 48.5 Å². The van der Waals surface area contributed by atoms with Crippen LogP contribution in [0.5, 0.6) is 0 Å². The predicted molar refractivity (Wildman–Crippen MR) is 121 cm³/mol. The lowest BCUT2D eigenvalue weighted by Gasteiger charge is -2.45. The summed E-state index contributed by atoms with van der Waals surface area (Å²) >= 11 is 6.46. The molecule has 0 spiro atoms. The molecule has 1 N–H and O–H groups in total. The van der Waals surface area contributed by atoms with Gasteiger partial charge in [-0.25, -0.2) is 4.39 Å². The number of hydrogen-bond donors (Lipinski definition) is 1. The molecule has 6 heteroatoms. The molecule has 0 aliphatic carbocycles. The third-order valence-electron chi connectivity index (χ3n) is 6.10. The van der Waals surface area contributed by atoms with Gasteiger partial charge in [0.05, 0.1) is 11.8 Å². The van der Waals surface area contributed by atoms with Crippen molar-refractivity contribution in [1.82, 2.24) is 9.80 Å². The van der Waals surface area contributed by atoms with Gasteiger partial charge in [0, 0.05) is 56.9 Å². The topological polar surface area (TPSA) is 30.0 Å². The summed E-state index contributed by atoms with van der Waals surface area (Å²) in [4.78, 5) is 6.68. The van der Waals surface area contributed by atoms with Crippen LogP contribution in [-0.2, 0) is 0 Å². The molecule has 0 saturated carbocycles. The van der Waals surface area contributed by atoms with Crippen molar-refractivity contribution in [3.05, 3.63) is 71.0 Å². The van der Waals surface area contributed by atoms with Gasteiger partial charge in [0.15, 0.2) is 0 Å². The normalized spacial score (nSPS) is 24.2. The molecule has 2 heterocycles. The number of β-amino-alcohol motifs (C(OH)–C–C–N with tert-alkyl or cyclic N) is 1. The summed E-state index contributed by atoms with van der Waals surface area (Å²) in [5.41, 5.74) is 1.76. The number of likely N-dealkylation sites (tertiary alicyclic amines) is 1. The van der Waals surface area contributed by atoms with Gasteiger partial charge >= 0.3 is 0 Å². The maximum Gasteiger partial charge on any atom is 0.146 e. The highest BCUT2D eigenvalue weighted by atomic mass is 35.5. The second kappa shape index (κ2) is 9.92. The molecule has 0 unspecified atom stereocenters. The summed E-state index contributed by atoms with van der Waals surface area (Å²) in [7, 11) is 0. The Hall–Kier alpha value is -1.92. The highest BCUT2D eigenvalue weighted by Crippen LogP contribution is 2.24. The molecule has 160 valence electrons. The first-order chi connectivity index (χ1) is 14.6. The molecule has 2 saturated heterocycles. The Bertz CT molecular complexity index is 855. The van der Waals surface area contributed by atoms with Gasteiger partial charge in [0.25, 0.3) is 0 Å². The molecule has 2 aromatic carbocycles. The number of piperidine rings is 1. The lowest BCUT2D eigenvalue weighted by Crippen LogP contribution is -2.59. The Morgan fingerprint density at radius 1 is 1.00 bits per heavy atom. The summed E-state index contributed by atoms with van der Waals surface area (Å²) in [5.74, 6) is -0.167. The van der Waals surface area contributed by atoms with E-state index >= 15 is 0 Å². The summed E-state index contributed by atoms with van der Waals surface area (Å²) in [6, 6.07) is 17.2. The first-order valence-electron chi connectivity index (χ1n) is 10.7. The molecule has 2 aliphatic rings. The molecule has 2 atom stereocenters. The zero-order valence-corrected chi connectivity index (χ0v) is 17.9. The van der Waals surface area contributed by atoms with Crippen LogP contribution in [0.15, 0.2) is 59.6 Å². The Labute approximate surface area is 183 Å². The van der Waals surface area contributed by atoms with Crippen LogP contribution in [0.1, 0.15) is 12.0 Å². The second-order valence-electron chi connectivity index (χ2n) is 8.13. The van der Waals surface area contributed by atoms with E-state index in [2.05, 4.69) is 14.7 Å². The minimum absolute atomic E-state index is 0.154. The lowest BCUT2D eigenvalue weighted by molar-refractivity contribution is -0.0119. The average Bonchev–Trinajstić information content (AvgIpc) is 2.75. The van der Waals surface area contributed by atoms with Crippen molar-refractivity contribution in [3.63, 3.8) is 0 Å². The molecule has 0 radical (unpaired) electrons. The van der Waals surface area contributed by atoms with Crippen molar-refractivity contribution in [2.45, 2.75) is 18.6 Å². The Morgan fingerprint density at radius 3 is 2.40 bits per heavy atom. The predicted octanol–water partition coefficient (Wildman–Crippen LogP) is 3.66.